The molecule has 1 unspecified atom stereocenters. The summed E-state index contributed by atoms with van der Waals surface area (Å²) < 4.78 is 0. The van der Waals surface area contributed by atoms with Crippen molar-refractivity contribution in [3.8, 4) is 0 Å². The number of nitrogens with one attached hydrogen (secondary N) is 1. The number of rotatable bonds is 4. The molecule has 0 aromatic heterocycles. The summed E-state index contributed by atoms with van der Waals surface area (Å²) in [7, 11) is 0. The molecular formula is C17H27NO. The van der Waals surface area contributed by atoms with Crippen molar-refractivity contribution >= 4 is 0 Å². The fraction of sp³-hybridized carbons (Fsp3) is 0.647. The smallest absolute Gasteiger partial charge is 0.0772 e. The molecule has 2 heteroatoms. The van der Waals surface area contributed by atoms with Crippen molar-refractivity contribution in [2.75, 3.05) is 6.54 Å². The first-order valence-electron chi connectivity index (χ1n) is 7.51. The average Bonchev–Trinajstić information content (AvgIpc) is 2.41. The van der Waals surface area contributed by atoms with Crippen LogP contribution < -0.4 is 5.32 Å². The largest absolute Gasteiger partial charge is 0.389 e. The Bertz CT molecular complexity index is 390. The van der Waals surface area contributed by atoms with E-state index in [4.69, 9.17) is 0 Å². The van der Waals surface area contributed by atoms with Crippen molar-refractivity contribution < 1.29 is 5.11 Å². The van der Waals surface area contributed by atoms with Gasteiger partial charge < -0.3 is 10.4 Å². The molecule has 0 amide bonds. The van der Waals surface area contributed by atoms with Crippen LogP contribution in [0.3, 0.4) is 0 Å². The Kier molecular flexibility index (Phi) is 4.64. The summed E-state index contributed by atoms with van der Waals surface area (Å²) in [6.45, 7) is 7.25. The molecule has 0 heterocycles. The third kappa shape index (κ3) is 4.05. The van der Waals surface area contributed by atoms with E-state index in [-0.39, 0.29) is 0 Å². The van der Waals surface area contributed by atoms with Crippen LogP contribution in [0.2, 0.25) is 0 Å². The second-order valence-corrected chi connectivity index (χ2v) is 6.42. The van der Waals surface area contributed by atoms with Crippen molar-refractivity contribution in [3.63, 3.8) is 0 Å². The van der Waals surface area contributed by atoms with Gasteiger partial charge in [0.1, 0.15) is 0 Å². The van der Waals surface area contributed by atoms with E-state index in [2.05, 4.69) is 50.4 Å². The van der Waals surface area contributed by atoms with Crippen molar-refractivity contribution in [1.82, 2.24) is 5.32 Å². The van der Waals surface area contributed by atoms with E-state index in [1.165, 1.54) is 11.1 Å². The van der Waals surface area contributed by atoms with Gasteiger partial charge in [0.15, 0.2) is 0 Å². The summed E-state index contributed by atoms with van der Waals surface area (Å²) in [5.41, 5.74) is 2.08. The molecule has 0 bridgehead atoms. The number of hydrogen-bond acceptors (Lipinski definition) is 2. The highest BCUT2D eigenvalue weighted by Gasteiger charge is 2.31. The topological polar surface area (TPSA) is 32.3 Å². The monoisotopic (exact) mass is 261 g/mol. The van der Waals surface area contributed by atoms with Crippen molar-refractivity contribution in [1.29, 1.82) is 0 Å². The Hall–Kier alpha value is -0.860. The minimum atomic E-state index is -0.495. The summed E-state index contributed by atoms with van der Waals surface area (Å²) in [6, 6.07) is 8.92. The highest BCUT2D eigenvalue weighted by Crippen LogP contribution is 2.31. The first-order chi connectivity index (χ1) is 8.98. The van der Waals surface area contributed by atoms with Gasteiger partial charge in [-0.3, -0.25) is 0 Å². The lowest BCUT2D eigenvalue weighted by Gasteiger charge is -2.36. The summed E-state index contributed by atoms with van der Waals surface area (Å²) in [6.07, 6.45) is 4.16. The second-order valence-electron chi connectivity index (χ2n) is 6.42. The molecule has 0 aliphatic heterocycles. The van der Waals surface area contributed by atoms with Gasteiger partial charge in [-0.15, -0.1) is 0 Å². The molecule has 1 atom stereocenters. The quantitative estimate of drug-likeness (QED) is 0.868. The van der Waals surface area contributed by atoms with Crippen LogP contribution in [0.4, 0.5) is 0 Å². The lowest BCUT2D eigenvalue weighted by atomic mass is 9.79. The summed E-state index contributed by atoms with van der Waals surface area (Å²) >= 11 is 0. The van der Waals surface area contributed by atoms with Gasteiger partial charge in [-0.2, -0.15) is 0 Å². The van der Waals surface area contributed by atoms with Gasteiger partial charge in [0.2, 0.25) is 0 Å². The molecular weight excluding hydrogens is 234 g/mol. The SMILES string of the molecule is Cc1ccc(C(C)NCC2(O)CCC(C)CC2)cc1. The van der Waals surface area contributed by atoms with Crippen molar-refractivity contribution in [2.24, 2.45) is 5.92 Å². The molecule has 1 fully saturated rings. The highest BCUT2D eigenvalue weighted by molar-refractivity contribution is 5.23. The third-order valence-electron chi connectivity index (χ3n) is 4.52. The van der Waals surface area contributed by atoms with Crippen LogP contribution >= 0.6 is 0 Å². The van der Waals surface area contributed by atoms with Gasteiger partial charge in [0.25, 0.3) is 0 Å². The van der Waals surface area contributed by atoms with E-state index >= 15 is 0 Å². The molecule has 1 aliphatic rings. The number of aryl methyl sites for hydroxylation is 1. The van der Waals surface area contributed by atoms with Crippen LogP contribution in [0.15, 0.2) is 24.3 Å². The number of benzene rings is 1. The Morgan fingerprint density at radius 3 is 2.42 bits per heavy atom. The fourth-order valence-corrected chi connectivity index (χ4v) is 2.79. The van der Waals surface area contributed by atoms with Crippen LogP contribution in [-0.2, 0) is 0 Å². The summed E-state index contributed by atoms with van der Waals surface area (Å²) in [5, 5.41) is 14.1. The Labute approximate surface area is 117 Å². The lowest BCUT2D eigenvalue weighted by Crippen LogP contribution is -2.44. The Morgan fingerprint density at radius 2 is 1.84 bits per heavy atom. The number of hydrogen-bond donors (Lipinski definition) is 2. The van der Waals surface area contributed by atoms with Crippen LogP contribution in [-0.4, -0.2) is 17.3 Å². The molecule has 2 rings (SSSR count). The van der Waals surface area contributed by atoms with Gasteiger partial charge in [-0.25, -0.2) is 0 Å². The summed E-state index contributed by atoms with van der Waals surface area (Å²) in [4.78, 5) is 0. The zero-order valence-corrected chi connectivity index (χ0v) is 12.4. The normalized spacial score (nSPS) is 29.2. The van der Waals surface area contributed by atoms with E-state index in [1.807, 2.05) is 0 Å². The maximum atomic E-state index is 10.6. The summed E-state index contributed by atoms with van der Waals surface area (Å²) in [5.74, 6) is 0.773. The average molecular weight is 261 g/mol. The van der Waals surface area contributed by atoms with Crippen molar-refractivity contribution in [3.05, 3.63) is 35.4 Å². The van der Waals surface area contributed by atoms with Crippen LogP contribution in [0.5, 0.6) is 0 Å². The van der Waals surface area contributed by atoms with Gasteiger partial charge >= 0.3 is 0 Å². The fourth-order valence-electron chi connectivity index (χ4n) is 2.79. The predicted octanol–water partition coefficient (Wildman–Crippen LogP) is 3.59. The maximum Gasteiger partial charge on any atom is 0.0772 e. The molecule has 1 aromatic carbocycles. The first-order valence-corrected chi connectivity index (χ1v) is 7.51. The molecule has 2 nitrogen and oxygen atoms in total. The van der Waals surface area contributed by atoms with E-state index < -0.39 is 5.60 Å². The third-order valence-corrected chi connectivity index (χ3v) is 4.52. The number of aliphatic hydroxyl groups is 1. The molecule has 0 radical (unpaired) electrons. The predicted molar refractivity (Wildman–Crippen MR) is 80.2 cm³/mol. The highest BCUT2D eigenvalue weighted by atomic mass is 16.3. The minimum Gasteiger partial charge on any atom is -0.389 e. The standard InChI is InChI=1S/C17H27NO/c1-13-4-6-16(7-5-13)15(3)18-12-17(19)10-8-14(2)9-11-17/h4-7,14-15,18-19H,8-12H2,1-3H3. The zero-order chi connectivity index (χ0) is 13.9. The minimum absolute atomic E-state index is 0.295. The first kappa shape index (κ1) is 14.5. The van der Waals surface area contributed by atoms with Gasteiger partial charge in [0, 0.05) is 12.6 Å². The van der Waals surface area contributed by atoms with Gasteiger partial charge in [0.05, 0.1) is 5.60 Å². The van der Waals surface area contributed by atoms with Crippen LogP contribution in [0, 0.1) is 12.8 Å². The molecule has 0 saturated heterocycles. The van der Waals surface area contributed by atoms with Gasteiger partial charge in [-0.05, 0) is 51.0 Å². The van der Waals surface area contributed by atoms with E-state index in [0.717, 1.165) is 31.6 Å². The molecule has 2 N–H and O–H groups in total. The lowest BCUT2D eigenvalue weighted by molar-refractivity contribution is -0.00783. The molecule has 0 spiro atoms. The molecule has 1 aliphatic carbocycles. The van der Waals surface area contributed by atoms with E-state index in [1.54, 1.807) is 0 Å². The Balaban J connectivity index is 1.86. The van der Waals surface area contributed by atoms with Crippen molar-refractivity contribution in [2.45, 2.75) is 58.1 Å². The maximum absolute atomic E-state index is 10.6. The zero-order valence-electron chi connectivity index (χ0n) is 12.4. The van der Waals surface area contributed by atoms with Crippen LogP contribution in [0.25, 0.3) is 0 Å². The molecule has 106 valence electrons. The molecule has 19 heavy (non-hydrogen) atoms. The van der Waals surface area contributed by atoms with Gasteiger partial charge in [-0.1, -0.05) is 36.8 Å². The Morgan fingerprint density at radius 1 is 1.26 bits per heavy atom. The van der Waals surface area contributed by atoms with E-state index in [0.29, 0.717) is 12.6 Å². The second kappa shape index (κ2) is 6.06. The van der Waals surface area contributed by atoms with E-state index in [9.17, 15) is 5.11 Å². The molecule has 1 aromatic rings. The van der Waals surface area contributed by atoms with Crippen LogP contribution in [0.1, 0.15) is 56.7 Å². The molecule has 1 saturated carbocycles.